The van der Waals surface area contributed by atoms with E-state index in [0.29, 0.717) is 33.7 Å². The summed E-state index contributed by atoms with van der Waals surface area (Å²) in [5.41, 5.74) is 3.23. The monoisotopic (exact) mass is 474 g/mol. The van der Waals surface area contributed by atoms with Gasteiger partial charge in [-0.25, -0.2) is 9.37 Å². The highest BCUT2D eigenvalue weighted by Crippen LogP contribution is 2.27. The van der Waals surface area contributed by atoms with Crippen LogP contribution in [0.1, 0.15) is 11.1 Å². The number of carbonyl (C=O) groups excluding carboxylic acids is 1. The second kappa shape index (κ2) is 8.76. The van der Waals surface area contributed by atoms with Crippen LogP contribution < -0.4 is 10.9 Å². The molecule has 6 nitrogen and oxygen atoms in total. The third-order valence-corrected chi connectivity index (χ3v) is 6.15. The number of fused-ring (bicyclic) bond motifs is 3. The molecule has 0 atom stereocenters. The topological polar surface area (TPSA) is 68.9 Å². The molecule has 34 heavy (non-hydrogen) atoms. The summed E-state index contributed by atoms with van der Waals surface area (Å²) in [6, 6.07) is 19.0. The lowest BCUT2D eigenvalue weighted by Gasteiger charge is -2.10. The summed E-state index contributed by atoms with van der Waals surface area (Å²) < 4.78 is 17.1. The molecule has 8 heteroatoms. The maximum atomic E-state index is 14.0. The summed E-state index contributed by atoms with van der Waals surface area (Å²) in [5, 5.41) is 3.83. The van der Waals surface area contributed by atoms with Crippen molar-refractivity contribution in [3.63, 3.8) is 0 Å². The Hall–Kier alpha value is -3.97. The zero-order chi connectivity index (χ0) is 23.8. The van der Waals surface area contributed by atoms with E-state index < -0.39 is 5.82 Å². The van der Waals surface area contributed by atoms with Crippen molar-refractivity contribution in [3.05, 3.63) is 105 Å². The molecule has 0 aliphatic heterocycles. The quantitative estimate of drug-likeness (QED) is 0.383. The molecule has 3 aromatic carbocycles. The molecule has 2 heterocycles. The average molecular weight is 475 g/mol. The second-order valence-electron chi connectivity index (χ2n) is 8.12. The van der Waals surface area contributed by atoms with Gasteiger partial charge in [0.2, 0.25) is 5.91 Å². The lowest BCUT2D eigenvalue weighted by atomic mass is 10.2. The van der Waals surface area contributed by atoms with E-state index in [1.165, 1.54) is 23.0 Å². The Balaban J connectivity index is 1.59. The van der Waals surface area contributed by atoms with E-state index in [-0.39, 0.29) is 23.5 Å². The number of nitrogens with zero attached hydrogens (tertiary/aromatic N) is 3. The summed E-state index contributed by atoms with van der Waals surface area (Å²) in [7, 11) is 0. The Kier molecular flexibility index (Phi) is 5.63. The van der Waals surface area contributed by atoms with Crippen molar-refractivity contribution in [2.45, 2.75) is 20.0 Å². The van der Waals surface area contributed by atoms with E-state index in [0.717, 1.165) is 11.1 Å². The van der Waals surface area contributed by atoms with Crippen molar-refractivity contribution in [1.29, 1.82) is 0 Å². The molecule has 0 radical (unpaired) electrons. The van der Waals surface area contributed by atoms with E-state index in [1.54, 1.807) is 22.8 Å². The third kappa shape index (κ3) is 4.06. The van der Waals surface area contributed by atoms with Crippen molar-refractivity contribution in [2.75, 3.05) is 5.32 Å². The molecule has 0 saturated heterocycles. The molecule has 0 unspecified atom stereocenters. The molecule has 5 aromatic rings. The normalized spacial score (nSPS) is 11.3. The SMILES string of the molecule is Cc1ccc(NC(=O)Cn2c3ccc(F)cc3c3ncn(Cc4ccccc4)c(=O)c32)cc1Cl. The average Bonchev–Trinajstić information content (AvgIpc) is 3.12. The minimum atomic E-state index is -0.444. The number of aromatic nitrogens is 3. The predicted octanol–water partition coefficient (Wildman–Crippen LogP) is 5.14. The van der Waals surface area contributed by atoms with E-state index in [4.69, 9.17) is 11.6 Å². The van der Waals surface area contributed by atoms with Crippen molar-refractivity contribution < 1.29 is 9.18 Å². The van der Waals surface area contributed by atoms with Gasteiger partial charge in [-0.05, 0) is 48.4 Å². The zero-order valence-electron chi connectivity index (χ0n) is 18.3. The lowest BCUT2D eigenvalue weighted by Crippen LogP contribution is -2.25. The summed E-state index contributed by atoms with van der Waals surface area (Å²) in [5.74, 6) is -0.790. The van der Waals surface area contributed by atoms with Crippen LogP contribution in [0.3, 0.4) is 0 Å². The number of carbonyl (C=O) groups is 1. The summed E-state index contributed by atoms with van der Waals surface area (Å²) >= 11 is 6.17. The third-order valence-electron chi connectivity index (χ3n) is 5.74. The number of amides is 1. The van der Waals surface area contributed by atoms with Gasteiger partial charge in [0, 0.05) is 16.1 Å². The highest BCUT2D eigenvalue weighted by Gasteiger charge is 2.19. The van der Waals surface area contributed by atoms with Crippen LogP contribution in [0.5, 0.6) is 0 Å². The first-order valence-corrected chi connectivity index (χ1v) is 11.1. The first kappa shape index (κ1) is 21.9. The predicted molar refractivity (Wildman–Crippen MR) is 132 cm³/mol. The maximum Gasteiger partial charge on any atom is 0.278 e. The molecule has 0 fully saturated rings. The Bertz CT molecular complexity index is 1610. The van der Waals surface area contributed by atoms with Gasteiger partial charge in [-0.3, -0.25) is 14.2 Å². The maximum absolute atomic E-state index is 14.0. The summed E-state index contributed by atoms with van der Waals surface area (Å²) in [6.45, 7) is 2.05. The molecule has 170 valence electrons. The molecule has 5 rings (SSSR count). The van der Waals surface area contributed by atoms with Gasteiger partial charge in [0.25, 0.3) is 5.56 Å². The smallest absolute Gasteiger partial charge is 0.278 e. The molecule has 1 N–H and O–H groups in total. The van der Waals surface area contributed by atoms with Gasteiger partial charge in [0.05, 0.1) is 18.4 Å². The summed E-state index contributed by atoms with van der Waals surface area (Å²) in [4.78, 5) is 30.9. The van der Waals surface area contributed by atoms with Gasteiger partial charge in [-0.1, -0.05) is 48.0 Å². The number of nitrogens with one attached hydrogen (secondary N) is 1. The Morgan fingerprint density at radius 2 is 1.88 bits per heavy atom. The molecule has 0 bridgehead atoms. The first-order chi connectivity index (χ1) is 16.4. The minimum absolute atomic E-state index is 0.149. The number of benzene rings is 3. The lowest BCUT2D eigenvalue weighted by molar-refractivity contribution is -0.116. The van der Waals surface area contributed by atoms with Gasteiger partial charge in [0.15, 0.2) is 0 Å². The largest absolute Gasteiger partial charge is 0.325 e. The molecule has 0 spiro atoms. The van der Waals surface area contributed by atoms with Crippen LogP contribution in [-0.2, 0) is 17.9 Å². The number of halogens is 2. The molecule has 0 aliphatic carbocycles. The van der Waals surface area contributed by atoms with Crippen LogP contribution in [0.25, 0.3) is 21.9 Å². The fraction of sp³-hybridized carbons (Fsp3) is 0.115. The molecule has 2 aromatic heterocycles. The van der Waals surface area contributed by atoms with Crippen LogP contribution in [0.2, 0.25) is 5.02 Å². The van der Waals surface area contributed by atoms with E-state index in [2.05, 4.69) is 10.3 Å². The Labute approximate surface area is 199 Å². The van der Waals surface area contributed by atoms with E-state index in [1.807, 2.05) is 43.3 Å². The van der Waals surface area contributed by atoms with Crippen molar-refractivity contribution in [2.24, 2.45) is 0 Å². The number of anilines is 1. The molecule has 0 aliphatic rings. The Morgan fingerprint density at radius 3 is 2.65 bits per heavy atom. The van der Waals surface area contributed by atoms with Gasteiger partial charge < -0.3 is 9.88 Å². The van der Waals surface area contributed by atoms with Crippen LogP contribution in [0, 0.1) is 12.7 Å². The molecular weight excluding hydrogens is 455 g/mol. The molecule has 0 saturated carbocycles. The van der Waals surface area contributed by atoms with Crippen molar-refractivity contribution in [3.8, 4) is 0 Å². The van der Waals surface area contributed by atoms with Crippen LogP contribution in [0.4, 0.5) is 10.1 Å². The standard InChI is InChI=1S/C26H20ClFN4O2/c1-16-7-9-19(12-21(16)27)30-23(33)14-32-22-10-8-18(28)11-20(22)24-25(32)26(34)31(15-29-24)13-17-5-3-2-4-6-17/h2-12,15H,13-14H2,1H3,(H,30,33). The van der Waals surface area contributed by atoms with Crippen molar-refractivity contribution >= 4 is 45.1 Å². The zero-order valence-corrected chi connectivity index (χ0v) is 19.0. The molecule has 1 amide bonds. The van der Waals surface area contributed by atoms with Gasteiger partial charge in [-0.15, -0.1) is 0 Å². The fourth-order valence-corrected chi connectivity index (χ4v) is 4.22. The van der Waals surface area contributed by atoms with Gasteiger partial charge in [-0.2, -0.15) is 0 Å². The molecular formula is C26H20ClFN4O2. The van der Waals surface area contributed by atoms with Crippen LogP contribution in [0.15, 0.2) is 77.9 Å². The first-order valence-electron chi connectivity index (χ1n) is 10.7. The van der Waals surface area contributed by atoms with Gasteiger partial charge in [0.1, 0.15) is 23.4 Å². The fourth-order valence-electron chi connectivity index (χ4n) is 4.04. The van der Waals surface area contributed by atoms with Gasteiger partial charge >= 0.3 is 0 Å². The number of rotatable bonds is 5. The summed E-state index contributed by atoms with van der Waals surface area (Å²) in [6.07, 6.45) is 1.46. The highest BCUT2D eigenvalue weighted by molar-refractivity contribution is 6.31. The van der Waals surface area contributed by atoms with Crippen LogP contribution in [-0.4, -0.2) is 20.0 Å². The van der Waals surface area contributed by atoms with Crippen LogP contribution >= 0.6 is 11.6 Å². The van der Waals surface area contributed by atoms with E-state index >= 15 is 0 Å². The number of aryl methyl sites for hydroxylation is 1. The second-order valence-corrected chi connectivity index (χ2v) is 8.53. The number of hydrogen-bond donors (Lipinski definition) is 1. The highest BCUT2D eigenvalue weighted by atomic mass is 35.5. The Morgan fingerprint density at radius 1 is 1.09 bits per heavy atom. The van der Waals surface area contributed by atoms with Crippen molar-refractivity contribution in [1.82, 2.24) is 14.1 Å². The number of hydrogen-bond acceptors (Lipinski definition) is 3. The van der Waals surface area contributed by atoms with E-state index in [9.17, 15) is 14.0 Å². The minimum Gasteiger partial charge on any atom is -0.325 e.